The number of carbonyl (C=O) groups excluding carboxylic acids is 2. The Morgan fingerprint density at radius 2 is 1.91 bits per heavy atom. The Balaban J connectivity index is 2.03. The SMILES string of the molecule is CCSc1ncc(Cl)c(C(=O)NNC(=O)c2ccncc2)n1. The molecule has 22 heavy (non-hydrogen) atoms. The number of halogens is 1. The lowest BCUT2D eigenvalue weighted by Crippen LogP contribution is -2.42. The molecule has 2 rings (SSSR count). The van der Waals surface area contributed by atoms with Crippen molar-refractivity contribution in [1.29, 1.82) is 0 Å². The molecule has 2 amide bonds. The molecular weight excluding hydrogens is 326 g/mol. The van der Waals surface area contributed by atoms with Crippen LogP contribution in [-0.4, -0.2) is 32.5 Å². The van der Waals surface area contributed by atoms with Gasteiger partial charge in [0.05, 0.1) is 11.2 Å². The van der Waals surface area contributed by atoms with E-state index in [1.54, 1.807) is 0 Å². The van der Waals surface area contributed by atoms with Gasteiger partial charge in [0.2, 0.25) is 0 Å². The average Bonchev–Trinajstić information content (AvgIpc) is 2.55. The van der Waals surface area contributed by atoms with Gasteiger partial charge < -0.3 is 0 Å². The maximum Gasteiger partial charge on any atom is 0.289 e. The van der Waals surface area contributed by atoms with Crippen LogP contribution < -0.4 is 10.9 Å². The van der Waals surface area contributed by atoms with Crippen molar-refractivity contribution in [3.8, 4) is 0 Å². The number of aromatic nitrogens is 3. The highest BCUT2D eigenvalue weighted by Gasteiger charge is 2.15. The summed E-state index contributed by atoms with van der Waals surface area (Å²) < 4.78 is 0. The van der Waals surface area contributed by atoms with E-state index in [4.69, 9.17) is 11.6 Å². The fourth-order valence-corrected chi connectivity index (χ4v) is 2.18. The number of rotatable bonds is 4. The van der Waals surface area contributed by atoms with Gasteiger partial charge >= 0.3 is 0 Å². The number of amides is 2. The predicted octanol–water partition coefficient (Wildman–Crippen LogP) is 1.71. The highest BCUT2D eigenvalue weighted by molar-refractivity contribution is 7.99. The van der Waals surface area contributed by atoms with Crippen LogP contribution in [0.3, 0.4) is 0 Å². The van der Waals surface area contributed by atoms with E-state index in [2.05, 4.69) is 25.8 Å². The minimum absolute atomic E-state index is 0.00245. The fraction of sp³-hybridized carbons (Fsp3) is 0.154. The number of pyridine rings is 1. The van der Waals surface area contributed by atoms with Crippen LogP contribution in [0.4, 0.5) is 0 Å². The van der Waals surface area contributed by atoms with Crippen LogP contribution in [0.5, 0.6) is 0 Å². The van der Waals surface area contributed by atoms with Crippen molar-refractivity contribution in [3.63, 3.8) is 0 Å². The van der Waals surface area contributed by atoms with Crippen molar-refractivity contribution in [2.24, 2.45) is 0 Å². The molecule has 9 heteroatoms. The van der Waals surface area contributed by atoms with Crippen LogP contribution in [-0.2, 0) is 0 Å². The van der Waals surface area contributed by atoms with E-state index in [0.717, 1.165) is 5.75 Å². The summed E-state index contributed by atoms with van der Waals surface area (Å²) in [5, 5.41) is 0.550. The third kappa shape index (κ3) is 4.15. The van der Waals surface area contributed by atoms with Crippen LogP contribution in [0.25, 0.3) is 0 Å². The van der Waals surface area contributed by atoms with Gasteiger partial charge in [0.25, 0.3) is 11.8 Å². The van der Waals surface area contributed by atoms with Crippen LogP contribution in [0.2, 0.25) is 5.02 Å². The third-order valence-electron chi connectivity index (χ3n) is 2.44. The zero-order valence-electron chi connectivity index (χ0n) is 11.5. The number of hydrogen-bond donors (Lipinski definition) is 2. The van der Waals surface area contributed by atoms with Crippen molar-refractivity contribution in [2.45, 2.75) is 12.1 Å². The van der Waals surface area contributed by atoms with E-state index in [-0.39, 0.29) is 10.7 Å². The van der Waals surface area contributed by atoms with Crippen molar-refractivity contribution in [1.82, 2.24) is 25.8 Å². The van der Waals surface area contributed by atoms with E-state index < -0.39 is 11.8 Å². The summed E-state index contributed by atoms with van der Waals surface area (Å²) in [4.78, 5) is 35.7. The molecule has 0 aromatic carbocycles. The van der Waals surface area contributed by atoms with E-state index in [1.807, 2.05) is 6.92 Å². The molecule has 0 saturated carbocycles. The minimum atomic E-state index is -0.618. The molecule has 0 atom stereocenters. The second-order valence-electron chi connectivity index (χ2n) is 3.93. The highest BCUT2D eigenvalue weighted by atomic mass is 35.5. The molecule has 0 unspecified atom stereocenters. The van der Waals surface area contributed by atoms with Gasteiger partial charge in [-0.1, -0.05) is 30.3 Å². The summed E-state index contributed by atoms with van der Waals surface area (Å²) in [6.45, 7) is 1.94. The zero-order valence-corrected chi connectivity index (χ0v) is 13.1. The predicted molar refractivity (Wildman–Crippen MR) is 82.6 cm³/mol. The summed E-state index contributed by atoms with van der Waals surface area (Å²) in [5.41, 5.74) is 4.92. The maximum absolute atomic E-state index is 12.0. The van der Waals surface area contributed by atoms with E-state index in [9.17, 15) is 9.59 Å². The Hall–Kier alpha value is -2.19. The van der Waals surface area contributed by atoms with E-state index >= 15 is 0 Å². The van der Waals surface area contributed by atoms with Crippen LogP contribution in [0.1, 0.15) is 27.8 Å². The summed E-state index contributed by atoms with van der Waals surface area (Å²) in [5.74, 6) is -0.321. The largest absolute Gasteiger partial charge is 0.289 e. The third-order valence-corrected chi connectivity index (χ3v) is 3.46. The van der Waals surface area contributed by atoms with Crippen molar-refractivity contribution >= 4 is 35.2 Å². The Morgan fingerprint density at radius 1 is 1.23 bits per heavy atom. The topological polar surface area (TPSA) is 96.9 Å². The number of hydrazine groups is 1. The number of thioether (sulfide) groups is 1. The molecule has 2 aromatic rings. The van der Waals surface area contributed by atoms with Gasteiger partial charge in [-0.15, -0.1) is 0 Å². The van der Waals surface area contributed by atoms with Crippen LogP contribution >= 0.6 is 23.4 Å². The van der Waals surface area contributed by atoms with Gasteiger partial charge in [-0.3, -0.25) is 25.4 Å². The van der Waals surface area contributed by atoms with Gasteiger partial charge in [-0.05, 0) is 17.9 Å². The molecule has 2 aromatic heterocycles. The van der Waals surface area contributed by atoms with Crippen molar-refractivity contribution < 1.29 is 9.59 Å². The Bertz CT molecular complexity index is 683. The molecular formula is C13H12ClN5O2S. The van der Waals surface area contributed by atoms with Crippen molar-refractivity contribution in [3.05, 3.63) is 47.0 Å². The fourth-order valence-electron chi connectivity index (χ4n) is 1.46. The second-order valence-corrected chi connectivity index (χ2v) is 5.56. The number of nitrogens with zero attached hydrogens (tertiary/aromatic N) is 3. The molecule has 0 aliphatic heterocycles. The standard InChI is InChI=1S/C13H12ClN5O2S/c1-2-22-13-16-7-9(14)10(17-13)12(21)19-18-11(20)8-3-5-15-6-4-8/h3-7H,2H2,1H3,(H,18,20)(H,19,21). The quantitative estimate of drug-likeness (QED) is 0.501. The molecule has 2 N–H and O–H groups in total. The molecule has 0 aliphatic carbocycles. The molecule has 0 bridgehead atoms. The normalized spacial score (nSPS) is 10.1. The average molecular weight is 338 g/mol. The number of carbonyl (C=O) groups is 2. The van der Waals surface area contributed by atoms with Gasteiger partial charge in [-0.2, -0.15) is 0 Å². The summed E-state index contributed by atoms with van der Waals surface area (Å²) in [6.07, 6.45) is 4.31. The van der Waals surface area contributed by atoms with Crippen LogP contribution in [0.15, 0.2) is 35.9 Å². The zero-order chi connectivity index (χ0) is 15.9. The minimum Gasteiger partial charge on any atom is -0.267 e. The first-order chi connectivity index (χ1) is 10.6. The first-order valence-electron chi connectivity index (χ1n) is 6.28. The summed E-state index contributed by atoms with van der Waals surface area (Å²) in [6, 6.07) is 3.05. The molecule has 0 aliphatic rings. The molecule has 2 heterocycles. The molecule has 7 nitrogen and oxygen atoms in total. The van der Waals surface area contributed by atoms with Crippen LogP contribution in [0, 0.1) is 0 Å². The highest BCUT2D eigenvalue weighted by Crippen LogP contribution is 2.17. The van der Waals surface area contributed by atoms with Gasteiger partial charge in [-0.25, -0.2) is 9.97 Å². The Morgan fingerprint density at radius 3 is 2.59 bits per heavy atom. The molecule has 0 spiro atoms. The van der Waals surface area contributed by atoms with Gasteiger partial charge in [0.1, 0.15) is 0 Å². The monoisotopic (exact) mass is 337 g/mol. The first-order valence-corrected chi connectivity index (χ1v) is 7.64. The molecule has 114 valence electrons. The van der Waals surface area contributed by atoms with E-state index in [0.29, 0.717) is 10.7 Å². The Kier molecular flexibility index (Phi) is 5.68. The lowest BCUT2D eigenvalue weighted by Gasteiger charge is -2.08. The lowest BCUT2D eigenvalue weighted by atomic mass is 10.2. The molecule has 0 radical (unpaired) electrons. The Labute approximate surface area is 135 Å². The summed E-state index contributed by atoms with van der Waals surface area (Å²) >= 11 is 7.29. The van der Waals surface area contributed by atoms with Crippen molar-refractivity contribution in [2.75, 3.05) is 5.75 Å². The first kappa shape index (κ1) is 16.2. The summed E-state index contributed by atoms with van der Waals surface area (Å²) in [7, 11) is 0. The maximum atomic E-state index is 12.0. The van der Waals surface area contributed by atoms with E-state index in [1.165, 1.54) is 42.5 Å². The van der Waals surface area contributed by atoms with Gasteiger partial charge in [0, 0.05) is 18.0 Å². The molecule has 0 saturated heterocycles. The number of nitrogens with one attached hydrogen (secondary N) is 2. The number of hydrogen-bond acceptors (Lipinski definition) is 6. The second kappa shape index (κ2) is 7.71. The van der Waals surface area contributed by atoms with Gasteiger partial charge in [0.15, 0.2) is 10.9 Å². The molecule has 0 fully saturated rings. The smallest absolute Gasteiger partial charge is 0.267 e. The lowest BCUT2D eigenvalue weighted by molar-refractivity contribution is 0.0843.